The number of hydrogen-bond acceptors (Lipinski definition) is 3. The van der Waals surface area contributed by atoms with Crippen molar-refractivity contribution < 1.29 is 13.2 Å². The Labute approximate surface area is 151 Å². The summed E-state index contributed by atoms with van der Waals surface area (Å²) >= 11 is 11.7. The van der Waals surface area contributed by atoms with Gasteiger partial charge in [-0.1, -0.05) is 47.5 Å². The van der Waals surface area contributed by atoms with Gasteiger partial charge in [-0.05, 0) is 36.8 Å². The number of anilines is 1. The molecule has 0 fully saturated rings. The van der Waals surface area contributed by atoms with E-state index in [0.717, 1.165) is 0 Å². The topological polar surface area (TPSA) is 54.5 Å². The van der Waals surface area contributed by atoms with Crippen LogP contribution in [0.25, 0.3) is 0 Å². The van der Waals surface area contributed by atoms with Crippen molar-refractivity contribution in [3.8, 4) is 0 Å². The molecule has 2 aromatic rings. The van der Waals surface area contributed by atoms with Crippen LogP contribution >= 0.6 is 23.2 Å². The molecule has 0 aliphatic carbocycles. The number of nitrogens with zero attached hydrogens (tertiary/aromatic N) is 1. The molecule has 0 aliphatic rings. The average molecular weight is 386 g/mol. The lowest BCUT2D eigenvalue weighted by atomic mass is 10.2. The molecular formula is C17H17Cl2NO3S. The molecule has 128 valence electrons. The van der Waals surface area contributed by atoms with Gasteiger partial charge in [0, 0.05) is 12.7 Å². The highest BCUT2D eigenvalue weighted by atomic mass is 35.5. The van der Waals surface area contributed by atoms with Crippen LogP contribution in [0.1, 0.15) is 12.5 Å². The zero-order valence-corrected chi connectivity index (χ0v) is 15.6. The number of rotatable bonds is 5. The summed E-state index contributed by atoms with van der Waals surface area (Å²) in [6.07, 6.45) is 0. The van der Waals surface area contributed by atoms with Gasteiger partial charge < -0.3 is 4.90 Å². The fourth-order valence-corrected chi connectivity index (χ4v) is 3.87. The molecule has 7 heteroatoms. The maximum Gasteiger partial charge on any atom is 0.244 e. The number of benzene rings is 2. The molecule has 2 rings (SSSR count). The van der Waals surface area contributed by atoms with Crippen molar-refractivity contribution in [1.29, 1.82) is 0 Å². The second kappa shape index (κ2) is 7.55. The third kappa shape index (κ3) is 4.29. The number of hydrogen-bond donors (Lipinski definition) is 0. The Kier molecular flexibility index (Phi) is 5.91. The summed E-state index contributed by atoms with van der Waals surface area (Å²) in [5, 5.41) is -0.535. The molecule has 0 unspecified atom stereocenters. The SMILES string of the molecule is C[C@@H](C(=O)N(C)c1ccccc1)S(=O)(=O)Cc1ccc(Cl)c(Cl)c1. The quantitative estimate of drug-likeness (QED) is 0.782. The van der Waals surface area contributed by atoms with E-state index in [1.54, 1.807) is 37.4 Å². The van der Waals surface area contributed by atoms with Crippen LogP contribution in [0.4, 0.5) is 5.69 Å². The molecule has 0 radical (unpaired) electrons. The maximum absolute atomic E-state index is 12.5. The highest BCUT2D eigenvalue weighted by Gasteiger charge is 2.31. The Morgan fingerprint density at radius 3 is 2.29 bits per heavy atom. The molecule has 0 spiro atoms. The average Bonchev–Trinajstić information content (AvgIpc) is 2.56. The van der Waals surface area contributed by atoms with Crippen LogP contribution in [0.2, 0.25) is 10.0 Å². The first-order valence-corrected chi connectivity index (χ1v) is 9.67. The van der Waals surface area contributed by atoms with Gasteiger partial charge in [0.05, 0.1) is 15.8 Å². The number of sulfone groups is 1. The Bertz CT molecular complexity index is 838. The standard InChI is InChI=1S/C17H17Cl2NO3S/c1-12(17(21)20(2)14-6-4-3-5-7-14)24(22,23)11-13-8-9-15(18)16(19)10-13/h3-10,12H,11H2,1-2H3/t12-/m0/s1. The number of para-hydroxylation sites is 1. The monoisotopic (exact) mass is 385 g/mol. The molecule has 4 nitrogen and oxygen atoms in total. The van der Waals surface area contributed by atoms with Gasteiger partial charge in [0.2, 0.25) is 5.91 Å². The van der Waals surface area contributed by atoms with Gasteiger partial charge in [-0.15, -0.1) is 0 Å². The predicted octanol–water partition coefficient (Wildman–Crippen LogP) is 3.96. The molecular weight excluding hydrogens is 369 g/mol. The fraction of sp³-hybridized carbons (Fsp3) is 0.235. The normalized spacial score (nSPS) is 12.7. The minimum atomic E-state index is -3.69. The lowest BCUT2D eigenvalue weighted by Crippen LogP contribution is -2.39. The second-order valence-corrected chi connectivity index (χ2v) is 8.57. The van der Waals surface area contributed by atoms with E-state index in [1.165, 1.54) is 24.0 Å². The number of carbonyl (C=O) groups excluding carboxylic acids is 1. The Morgan fingerprint density at radius 1 is 1.08 bits per heavy atom. The summed E-state index contributed by atoms with van der Waals surface area (Å²) in [6, 6.07) is 13.5. The first kappa shape index (κ1) is 18.8. The molecule has 0 N–H and O–H groups in total. The molecule has 0 bridgehead atoms. The van der Waals surface area contributed by atoms with E-state index >= 15 is 0 Å². The van der Waals surface area contributed by atoms with Crippen LogP contribution in [0.15, 0.2) is 48.5 Å². The van der Waals surface area contributed by atoms with Crippen molar-refractivity contribution in [2.45, 2.75) is 17.9 Å². The molecule has 1 amide bonds. The summed E-state index contributed by atoms with van der Waals surface area (Å²) in [4.78, 5) is 13.8. The van der Waals surface area contributed by atoms with Gasteiger partial charge in [0.25, 0.3) is 0 Å². The minimum Gasteiger partial charge on any atom is -0.314 e. The third-order valence-corrected chi connectivity index (χ3v) is 6.47. The lowest BCUT2D eigenvalue weighted by Gasteiger charge is -2.21. The molecule has 0 saturated heterocycles. The van der Waals surface area contributed by atoms with E-state index in [0.29, 0.717) is 16.3 Å². The van der Waals surface area contributed by atoms with E-state index in [2.05, 4.69) is 0 Å². The van der Waals surface area contributed by atoms with Crippen molar-refractivity contribution in [1.82, 2.24) is 0 Å². The van der Waals surface area contributed by atoms with E-state index < -0.39 is 21.0 Å². The van der Waals surface area contributed by atoms with E-state index in [9.17, 15) is 13.2 Å². The zero-order valence-electron chi connectivity index (χ0n) is 13.2. The Morgan fingerprint density at radius 2 is 1.71 bits per heavy atom. The maximum atomic E-state index is 12.5. The van der Waals surface area contributed by atoms with Gasteiger partial charge >= 0.3 is 0 Å². The van der Waals surface area contributed by atoms with Crippen molar-refractivity contribution in [2.75, 3.05) is 11.9 Å². The molecule has 0 saturated carbocycles. The minimum absolute atomic E-state index is 0.278. The van der Waals surface area contributed by atoms with Crippen LogP contribution in [0.3, 0.4) is 0 Å². The fourth-order valence-electron chi connectivity index (χ4n) is 2.19. The molecule has 0 heterocycles. The Hall–Kier alpha value is -1.56. The summed E-state index contributed by atoms with van der Waals surface area (Å²) in [5.41, 5.74) is 1.13. The first-order chi connectivity index (χ1) is 11.2. The highest BCUT2D eigenvalue weighted by Crippen LogP contribution is 2.24. The van der Waals surface area contributed by atoms with E-state index in [1.807, 2.05) is 6.07 Å². The predicted molar refractivity (Wildman–Crippen MR) is 98.4 cm³/mol. The smallest absolute Gasteiger partial charge is 0.244 e. The van der Waals surface area contributed by atoms with Crippen molar-refractivity contribution >= 4 is 44.6 Å². The summed E-state index contributed by atoms with van der Waals surface area (Å²) in [5.74, 6) is -0.763. The molecule has 24 heavy (non-hydrogen) atoms. The number of halogens is 2. The van der Waals surface area contributed by atoms with Crippen molar-refractivity contribution in [3.05, 3.63) is 64.1 Å². The number of carbonyl (C=O) groups is 1. The third-order valence-electron chi connectivity index (χ3n) is 3.71. The summed E-state index contributed by atoms with van der Waals surface area (Å²) in [7, 11) is -2.13. The molecule has 0 aliphatic heterocycles. The van der Waals surface area contributed by atoms with Gasteiger partial charge in [0.15, 0.2) is 9.84 Å². The first-order valence-electron chi connectivity index (χ1n) is 7.20. The van der Waals surface area contributed by atoms with Crippen molar-refractivity contribution in [3.63, 3.8) is 0 Å². The van der Waals surface area contributed by atoms with Crippen LogP contribution in [-0.4, -0.2) is 26.6 Å². The van der Waals surface area contributed by atoms with E-state index in [4.69, 9.17) is 23.2 Å². The van der Waals surface area contributed by atoms with Gasteiger partial charge in [-0.25, -0.2) is 8.42 Å². The molecule has 2 aromatic carbocycles. The van der Waals surface area contributed by atoms with Crippen molar-refractivity contribution in [2.24, 2.45) is 0 Å². The lowest BCUT2D eigenvalue weighted by molar-refractivity contribution is -0.117. The summed E-state index contributed by atoms with van der Waals surface area (Å²) < 4.78 is 25.1. The summed E-state index contributed by atoms with van der Waals surface area (Å²) in [6.45, 7) is 1.40. The van der Waals surface area contributed by atoms with Crippen LogP contribution in [0, 0.1) is 0 Å². The number of amides is 1. The zero-order chi connectivity index (χ0) is 17.9. The molecule has 0 aromatic heterocycles. The van der Waals surface area contributed by atoms with Gasteiger partial charge in [-0.2, -0.15) is 0 Å². The van der Waals surface area contributed by atoms with E-state index in [-0.39, 0.29) is 10.8 Å². The largest absolute Gasteiger partial charge is 0.314 e. The van der Waals surface area contributed by atoms with Crippen LogP contribution < -0.4 is 4.90 Å². The second-order valence-electron chi connectivity index (χ2n) is 5.43. The Balaban J connectivity index is 2.18. The highest BCUT2D eigenvalue weighted by molar-refractivity contribution is 7.92. The molecule has 1 atom stereocenters. The van der Waals surface area contributed by atoms with Gasteiger partial charge in [-0.3, -0.25) is 4.79 Å². The van der Waals surface area contributed by atoms with Crippen LogP contribution in [-0.2, 0) is 20.4 Å². The van der Waals surface area contributed by atoms with Gasteiger partial charge in [0.1, 0.15) is 5.25 Å². The van der Waals surface area contributed by atoms with Crippen LogP contribution in [0.5, 0.6) is 0 Å².